The van der Waals surface area contributed by atoms with Crippen LogP contribution in [0.15, 0.2) is 0 Å². The lowest BCUT2D eigenvalue weighted by Gasteiger charge is -1.99. The van der Waals surface area contributed by atoms with E-state index in [4.69, 9.17) is 4.74 Å². The van der Waals surface area contributed by atoms with E-state index in [0.29, 0.717) is 0 Å². The number of nitrogens with one attached hydrogen (secondary N) is 1. The van der Waals surface area contributed by atoms with Crippen molar-refractivity contribution in [2.45, 2.75) is 38.1 Å². The predicted molar refractivity (Wildman–Crippen MR) is 64.8 cm³/mol. The molecule has 0 aliphatic heterocycles. The molecular formula is C11H19N3OS. The molecule has 0 saturated heterocycles. The van der Waals surface area contributed by atoms with Gasteiger partial charge >= 0.3 is 0 Å². The fourth-order valence-corrected chi connectivity index (χ4v) is 2.38. The van der Waals surface area contributed by atoms with Gasteiger partial charge in [0.15, 0.2) is 0 Å². The Morgan fingerprint density at radius 1 is 1.31 bits per heavy atom. The van der Waals surface area contributed by atoms with Crippen LogP contribution in [-0.2, 0) is 17.6 Å². The maximum Gasteiger partial charge on any atom is 0.119 e. The number of rotatable bonds is 8. The molecule has 1 saturated carbocycles. The predicted octanol–water partition coefficient (Wildman–Crippen LogP) is 1.41. The van der Waals surface area contributed by atoms with Gasteiger partial charge in [-0.15, -0.1) is 21.5 Å². The van der Waals surface area contributed by atoms with Gasteiger partial charge < -0.3 is 10.1 Å². The van der Waals surface area contributed by atoms with Crippen LogP contribution in [0.3, 0.4) is 0 Å². The van der Waals surface area contributed by atoms with Crippen molar-refractivity contribution < 1.29 is 4.74 Å². The molecule has 0 spiro atoms. The van der Waals surface area contributed by atoms with Gasteiger partial charge in [-0.1, -0.05) is 0 Å². The fourth-order valence-electron chi connectivity index (χ4n) is 1.51. The highest BCUT2D eigenvalue weighted by atomic mass is 32.1. The van der Waals surface area contributed by atoms with Crippen LogP contribution in [0, 0.1) is 0 Å². The van der Waals surface area contributed by atoms with Crippen LogP contribution in [0.4, 0.5) is 0 Å². The van der Waals surface area contributed by atoms with Gasteiger partial charge in [0.1, 0.15) is 10.0 Å². The first kappa shape index (κ1) is 12.0. The minimum atomic E-state index is 0.734. The summed E-state index contributed by atoms with van der Waals surface area (Å²) >= 11 is 1.72. The zero-order valence-corrected chi connectivity index (χ0v) is 10.6. The molecular weight excluding hydrogens is 222 g/mol. The van der Waals surface area contributed by atoms with Crippen LogP contribution >= 0.6 is 11.3 Å². The smallest absolute Gasteiger partial charge is 0.119 e. The maximum absolute atomic E-state index is 5.02. The normalized spacial score (nSPS) is 15.6. The van der Waals surface area contributed by atoms with E-state index in [1.807, 2.05) is 0 Å². The SMILES string of the molecule is COCCc1nnc(CCCNC2CC2)s1. The van der Waals surface area contributed by atoms with E-state index in [0.717, 1.165) is 48.5 Å². The van der Waals surface area contributed by atoms with Crippen molar-refractivity contribution in [3.63, 3.8) is 0 Å². The summed E-state index contributed by atoms with van der Waals surface area (Å²) in [6.45, 7) is 1.84. The van der Waals surface area contributed by atoms with E-state index in [1.54, 1.807) is 18.4 Å². The third kappa shape index (κ3) is 4.15. The first-order valence-corrected chi connectivity index (χ1v) is 6.73. The first-order valence-electron chi connectivity index (χ1n) is 5.92. The number of hydrogen-bond donors (Lipinski definition) is 1. The number of aromatic nitrogens is 2. The molecule has 5 heteroatoms. The van der Waals surface area contributed by atoms with Crippen LogP contribution < -0.4 is 5.32 Å². The molecule has 1 aromatic rings. The zero-order chi connectivity index (χ0) is 11.2. The minimum Gasteiger partial charge on any atom is -0.384 e. The topological polar surface area (TPSA) is 47.0 Å². The molecule has 2 rings (SSSR count). The van der Waals surface area contributed by atoms with E-state index in [-0.39, 0.29) is 0 Å². The summed E-state index contributed by atoms with van der Waals surface area (Å²) in [5.74, 6) is 0. The summed E-state index contributed by atoms with van der Waals surface area (Å²) in [4.78, 5) is 0. The van der Waals surface area contributed by atoms with Crippen molar-refractivity contribution in [3.05, 3.63) is 10.0 Å². The number of ether oxygens (including phenoxy) is 1. The average Bonchev–Trinajstić information content (AvgIpc) is 3.01. The maximum atomic E-state index is 5.02. The summed E-state index contributed by atoms with van der Waals surface area (Å²) in [5.41, 5.74) is 0. The standard InChI is InChI=1S/C11H19N3OS/c1-15-8-6-11-14-13-10(16-11)3-2-7-12-9-4-5-9/h9,12H,2-8H2,1H3. The molecule has 4 nitrogen and oxygen atoms in total. The molecule has 1 aliphatic rings. The number of nitrogens with zero attached hydrogens (tertiary/aromatic N) is 2. The van der Waals surface area contributed by atoms with E-state index < -0.39 is 0 Å². The van der Waals surface area contributed by atoms with Crippen molar-refractivity contribution in [2.75, 3.05) is 20.3 Å². The quantitative estimate of drug-likeness (QED) is 0.699. The van der Waals surface area contributed by atoms with E-state index in [9.17, 15) is 0 Å². The van der Waals surface area contributed by atoms with Crippen LogP contribution in [0.1, 0.15) is 29.3 Å². The fraction of sp³-hybridized carbons (Fsp3) is 0.818. The molecule has 1 aliphatic carbocycles. The largest absolute Gasteiger partial charge is 0.384 e. The third-order valence-electron chi connectivity index (χ3n) is 2.61. The Morgan fingerprint density at radius 3 is 2.75 bits per heavy atom. The molecule has 1 N–H and O–H groups in total. The molecule has 90 valence electrons. The Labute approximate surface area is 100 Å². The van der Waals surface area contributed by atoms with Crippen molar-refractivity contribution in [3.8, 4) is 0 Å². The molecule has 16 heavy (non-hydrogen) atoms. The van der Waals surface area contributed by atoms with Gasteiger partial charge in [0, 0.05) is 26.0 Å². The molecule has 0 amide bonds. The lowest BCUT2D eigenvalue weighted by molar-refractivity contribution is 0.202. The zero-order valence-electron chi connectivity index (χ0n) is 9.74. The second kappa shape index (κ2) is 6.27. The average molecular weight is 241 g/mol. The highest BCUT2D eigenvalue weighted by Crippen LogP contribution is 2.18. The minimum absolute atomic E-state index is 0.734. The summed E-state index contributed by atoms with van der Waals surface area (Å²) in [7, 11) is 1.71. The molecule has 0 atom stereocenters. The monoisotopic (exact) mass is 241 g/mol. The summed E-state index contributed by atoms with van der Waals surface area (Å²) in [6, 6.07) is 0.812. The van der Waals surface area contributed by atoms with Gasteiger partial charge in [0.05, 0.1) is 6.61 Å². The lowest BCUT2D eigenvalue weighted by Crippen LogP contribution is -2.17. The number of methoxy groups -OCH3 is 1. The van der Waals surface area contributed by atoms with Crippen molar-refractivity contribution in [1.29, 1.82) is 0 Å². The van der Waals surface area contributed by atoms with E-state index in [2.05, 4.69) is 15.5 Å². The van der Waals surface area contributed by atoms with E-state index in [1.165, 1.54) is 12.8 Å². The van der Waals surface area contributed by atoms with Gasteiger partial charge in [0.2, 0.25) is 0 Å². The second-order valence-electron chi connectivity index (χ2n) is 4.16. The summed E-state index contributed by atoms with van der Waals surface area (Å²) in [6.07, 6.45) is 5.81. The Kier molecular flexibility index (Phi) is 4.69. The molecule has 0 bridgehead atoms. The van der Waals surface area contributed by atoms with E-state index >= 15 is 0 Å². The van der Waals surface area contributed by atoms with Gasteiger partial charge in [-0.3, -0.25) is 0 Å². The molecule has 0 unspecified atom stereocenters. The van der Waals surface area contributed by atoms with Gasteiger partial charge in [-0.2, -0.15) is 0 Å². The Balaban J connectivity index is 1.61. The highest BCUT2D eigenvalue weighted by Gasteiger charge is 2.19. The Bertz CT molecular complexity index is 312. The van der Waals surface area contributed by atoms with Gasteiger partial charge in [-0.05, 0) is 25.8 Å². The van der Waals surface area contributed by atoms with Crippen LogP contribution in [0.2, 0.25) is 0 Å². The summed E-state index contributed by atoms with van der Waals surface area (Å²) in [5, 5.41) is 14.1. The number of hydrogen-bond acceptors (Lipinski definition) is 5. The molecule has 1 fully saturated rings. The Hall–Kier alpha value is -0.520. The molecule has 1 aromatic heterocycles. The molecule has 0 radical (unpaired) electrons. The van der Waals surface area contributed by atoms with Crippen LogP contribution in [0.5, 0.6) is 0 Å². The molecule has 1 heterocycles. The lowest BCUT2D eigenvalue weighted by atomic mass is 10.3. The number of aryl methyl sites for hydroxylation is 1. The molecule has 0 aromatic carbocycles. The van der Waals surface area contributed by atoms with Crippen molar-refractivity contribution in [1.82, 2.24) is 15.5 Å². The highest BCUT2D eigenvalue weighted by molar-refractivity contribution is 7.11. The van der Waals surface area contributed by atoms with Crippen LogP contribution in [0.25, 0.3) is 0 Å². The van der Waals surface area contributed by atoms with Crippen molar-refractivity contribution in [2.24, 2.45) is 0 Å². The Morgan fingerprint density at radius 2 is 2.06 bits per heavy atom. The van der Waals surface area contributed by atoms with Gasteiger partial charge in [-0.25, -0.2) is 0 Å². The summed E-state index contributed by atoms with van der Waals surface area (Å²) < 4.78 is 5.02. The third-order valence-corrected chi connectivity index (χ3v) is 3.65. The van der Waals surface area contributed by atoms with Crippen molar-refractivity contribution >= 4 is 11.3 Å². The van der Waals surface area contributed by atoms with Gasteiger partial charge in [0.25, 0.3) is 0 Å². The first-order chi connectivity index (χ1) is 7.88. The van der Waals surface area contributed by atoms with Crippen LogP contribution in [-0.4, -0.2) is 36.5 Å². The second-order valence-corrected chi connectivity index (χ2v) is 5.31.